The van der Waals surface area contributed by atoms with Crippen molar-refractivity contribution in [2.24, 2.45) is 0 Å². The molecule has 0 aliphatic carbocycles. The van der Waals surface area contributed by atoms with Crippen molar-refractivity contribution in [2.45, 2.75) is 130 Å². The summed E-state index contributed by atoms with van der Waals surface area (Å²) in [6.45, 7) is 15.5. The molecule has 0 radical (unpaired) electrons. The number of rotatable bonds is 16. The highest BCUT2D eigenvalue weighted by Gasteiger charge is 2.25. The molecule has 1 N–H and O–H groups in total. The molecule has 0 aromatic heterocycles. The fourth-order valence-electron chi connectivity index (χ4n) is 5.43. The fourth-order valence-corrected chi connectivity index (χ4v) is 5.43. The molecule has 0 amide bonds. The first-order valence-corrected chi connectivity index (χ1v) is 15.0. The van der Waals surface area contributed by atoms with E-state index in [-0.39, 0.29) is 23.4 Å². The molecule has 0 saturated heterocycles. The van der Waals surface area contributed by atoms with Gasteiger partial charge in [0.2, 0.25) is 5.78 Å². The molecule has 2 heteroatoms. The standard InChI is InChI=1S/C35H52O2/c1-8-12-16-25(5)30-22-21-28(11-4)23-29(30)24-33(36)35(37)34-31(26(6)17-13-9-2)19-15-20-32(34)27(7)18-14-10-3/h15,19-27,36H,8-14,16-18H2,1-7H3/b33-24-. The average Bonchev–Trinajstić information content (AvgIpc) is 2.92. The summed E-state index contributed by atoms with van der Waals surface area (Å²) < 4.78 is 0. The van der Waals surface area contributed by atoms with Gasteiger partial charge in [-0.05, 0) is 77.3 Å². The van der Waals surface area contributed by atoms with Gasteiger partial charge in [0.05, 0.1) is 0 Å². The van der Waals surface area contributed by atoms with Crippen LogP contribution in [-0.2, 0) is 6.42 Å². The van der Waals surface area contributed by atoms with E-state index in [1.165, 1.54) is 17.5 Å². The minimum absolute atomic E-state index is 0.142. The average molecular weight is 505 g/mol. The molecule has 2 rings (SSSR count). The predicted octanol–water partition coefficient (Wildman–Crippen LogP) is 10.9. The minimum Gasteiger partial charge on any atom is -0.504 e. The normalized spacial score (nSPS) is 14.4. The second-order valence-electron chi connectivity index (χ2n) is 11.1. The third-order valence-corrected chi connectivity index (χ3v) is 8.01. The number of Topliss-reactive ketones (excluding diaryl/α,β-unsaturated/α-hetero) is 1. The molecule has 0 saturated carbocycles. The summed E-state index contributed by atoms with van der Waals surface area (Å²) in [4.78, 5) is 14.0. The van der Waals surface area contributed by atoms with Gasteiger partial charge in [-0.2, -0.15) is 0 Å². The highest BCUT2D eigenvalue weighted by Crippen LogP contribution is 2.35. The van der Waals surface area contributed by atoms with Gasteiger partial charge in [-0.25, -0.2) is 0 Å². The number of benzene rings is 2. The van der Waals surface area contributed by atoms with Gasteiger partial charge < -0.3 is 5.11 Å². The summed E-state index contributed by atoms with van der Waals surface area (Å²) in [5.74, 6) is 0.560. The molecule has 37 heavy (non-hydrogen) atoms. The number of ketones is 1. The van der Waals surface area contributed by atoms with Crippen LogP contribution in [-0.4, -0.2) is 10.9 Å². The maximum atomic E-state index is 14.0. The van der Waals surface area contributed by atoms with Crippen molar-refractivity contribution in [2.75, 3.05) is 0 Å². The smallest absolute Gasteiger partial charge is 0.227 e. The van der Waals surface area contributed by atoms with Crippen molar-refractivity contribution in [3.8, 4) is 0 Å². The molecule has 2 aromatic rings. The first-order valence-electron chi connectivity index (χ1n) is 15.0. The lowest BCUT2D eigenvalue weighted by atomic mass is 9.82. The Morgan fingerprint density at radius 3 is 1.70 bits per heavy atom. The van der Waals surface area contributed by atoms with Gasteiger partial charge in [-0.15, -0.1) is 0 Å². The second kappa shape index (κ2) is 15.8. The molecule has 3 unspecified atom stereocenters. The van der Waals surface area contributed by atoms with Crippen molar-refractivity contribution in [3.63, 3.8) is 0 Å². The molecule has 204 valence electrons. The number of aryl methyl sites for hydroxylation is 1. The van der Waals surface area contributed by atoms with Crippen LogP contribution in [0.5, 0.6) is 0 Å². The van der Waals surface area contributed by atoms with E-state index in [1.807, 2.05) is 0 Å². The summed E-state index contributed by atoms with van der Waals surface area (Å²) in [6, 6.07) is 12.8. The molecule has 2 aromatic carbocycles. The largest absolute Gasteiger partial charge is 0.504 e. The fraction of sp³-hybridized carbons (Fsp3) is 0.571. The Labute approximate surface area is 227 Å². The first-order chi connectivity index (χ1) is 17.8. The topological polar surface area (TPSA) is 37.3 Å². The molecule has 0 fully saturated rings. The van der Waals surface area contributed by atoms with Crippen LogP contribution in [0.2, 0.25) is 0 Å². The van der Waals surface area contributed by atoms with E-state index in [4.69, 9.17) is 0 Å². The van der Waals surface area contributed by atoms with Crippen LogP contribution in [0.4, 0.5) is 0 Å². The van der Waals surface area contributed by atoms with E-state index in [0.29, 0.717) is 5.92 Å². The van der Waals surface area contributed by atoms with Crippen molar-refractivity contribution in [1.82, 2.24) is 0 Å². The van der Waals surface area contributed by atoms with Crippen LogP contribution in [0.25, 0.3) is 6.08 Å². The predicted molar refractivity (Wildman–Crippen MR) is 161 cm³/mol. The molecule has 3 atom stereocenters. The third-order valence-electron chi connectivity index (χ3n) is 8.01. The SMILES string of the molecule is CCCCC(C)c1ccc(CC)cc1/C=C(\O)C(=O)c1c(C(C)CCCC)cccc1C(C)CCCC. The van der Waals surface area contributed by atoms with E-state index >= 15 is 0 Å². The number of carbonyl (C=O) groups excluding carboxylic acids is 1. The van der Waals surface area contributed by atoms with Crippen LogP contribution in [0, 0.1) is 0 Å². The van der Waals surface area contributed by atoms with Gasteiger partial charge >= 0.3 is 0 Å². The number of aliphatic hydroxyl groups is 1. The summed E-state index contributed by atoms with van der Waals surface area (Å²) in [6.07, 6.45) is 12.8. The lowest BCUT2D eigenvalue weighted by Gasteiger charge is -2.22. The van der Waals surface area contributed by atoms with E-state index in [1.54, 1.807) is 6.08 Å². The maximum absolute atomic E-state index is 14.0. The third kappa shape index (κ3) is 8.59. The molecule has 2 nitrogen and oxygen atoms in total. The van der Waals surface area contributed by atoms with Gasteiger partial charge in [0, 0.05) is 5.56 Å². The summed E-state index contributed by atoms with van der Waals surface area (Å²) in [7, 11) is 0. The lowest BCUT2D eigenvalue weighted by Crippen LogP contribution is -2.14. The van der Waals surface area contributed by atoms with Crippen LogP contribution >= 0.6 is 0 Å². The molecular formula is C35H52O2. The molecular weight excluding hydrogens is 452 g/mol. The Morgan fingerprint density at radius 1 is 0.757 bits per heavy atom. The van der Waals surface area contributed by atoms with Crippen LogP contribution in [0.1, 0.15) is 162 Å². The quantitative estimate of drug-likeness (QED) is 0.140. The second-order valence-corrected chi connectivity index (χ2v) is 11.1. The monoisotopic (exact) mass is 504 g/mol. The number of allylic oxidation sites excluding steroid dienone is 1. The summed E-state index contributed by atoms with van der Waals surface area (Å²) in [5.41, 5.74) is 6.31. The zero-order chi connectivity index (χ0) is 27.4. The van der Waals surface area contributed by atoms with Crippen molar-refractivity contribution < 1.29 is 9.90 Å². The number of unbranched alkanes of at least 4 members (excludes halogenated alkanes) is 3. The zero-order valence-corrected chi connectivity index (χ0v) is 24.7. The molecule has 0 spiro atoms. The maximum Gasteiger partial charge on any atom is 0.227 e. The Morgan fingerprint density at radius 2 is 1.24 bits per heavy atom. The summed E-state index contributed by atoms with van der Waals surface area (Å²) in [5, 5.41) is 11.3. The highest BCUT2D eigenvalue weighted by atomic mass is 16.3. The number of hydrogen-bond donors (Lipinski definition) is 1. The number of carbonyl (C=O) groups is 1. The zero-order valence-electron chi connectivity index (χ0n) is 24.7. The summed E-state index contributed by atoms with van der Waals surface area (Å²) >= 11 is 0. The number of hydrogen-bond acceptors (Lipinski definition) is 2. The molecule has 0 aliphatic heterocycles. The van der Waals surface area contributed by atoms with Gasteiger partial charge in [-0.3, -0.25) is 4.79 Å². The Bertz CT molecular complexity index is 984. The van der Waals surface area contributed by atoms with Gasteiger partial charge in [-0.1, -0.05) is 123 Å². The van der Waals surface area contributed by atoms with Crippen molar-refractivity contribution in [1.29, 1.82) is 0 Å². The highest BCUT2D eigenvalue weighted by molar-refractivity contribution is 6.11. The Hall–Kier alpha value is -2.35. The molecule has 0 heterocycles. The van der Waals surface area contributed by atoms with E-state index in [9.17, 15) is 9.90 Å². The van der Waals surface area contributed by atoms with E-state index in [2.05, 4.69) is 84.9 Å². The van der Waals surface area contributed by atoms with Crippen LogP contribution in [0.3, 0.4) is 0 Å². The van der Waals surface area contributed by atoms with Crippen molar-refractivity contribution in [3.05, 3.63) is 75.5 Å². The molecule has 0 aliphatic rings. The van der Waals surface area contributed by atoms with Gasteiger partial charge in [0.15, 0.2) is 5.76 Å². The Balaban J connectivity index is 2.59. The van der Waals surface area contributed by atoms with Crippen LogP contribution < -0.4 is 0 Å². The minimum atomic E-state index is -0.230. The van der Waals surface area contributed by atoms with Crippen LogP contribution in [0.15, 0.2) is 42.2 Å². The van der Waals surface area contributed by atoms with E-state index < -0.39 is 0 Å². The molecule has 0 bridgehead atoms. The van der Waals surface area contributed by atoms with Gasteiger partial charge in [0.25, 0.3) is 0 Å². The number of aliphatic hydroxyl groups excluding tert-OH is 1. The Kier molecular flexibility index (Phi) is 13.2. The van der Waals surface area contributed by atoms with Crippen molar-refractivity contribution >= 4 is 11.9 Å². The first kappa shape index (κ1) is 30.9. The van der Waals surface area contributed by atoms with Gasteiger partial charge in [0.1, 0.15) is 0 Å². The van der Waals surface area contributed by atoms with E-state index in [0.717, 1.165) is 80.0 Å². The lowest BCUT2D eigenvalue weighted by molar-refractivity contribution is 0.0977.